The number of nitrogens with one attached hydrogen (secondary N) is 2. The Morgan fingerprint density at radius 2 is 1.97 bits per heavy atom. The standard InChI is InChI=1S/C21H19FN6O2/c1-12-11-17(28-27-12)25-19-15-5-3-4-6-16(15)24-20(26-19)18(30-21(29)23-2)13-7-9-14(22)10-8-13/h3-10,18H,11H2,1-2H3,(H,23,29)(H,24,25,26,28). The lowest BCUT2D eigenvalue weighted by molar-refractivity contribution is 0.114. The SMILES string of the molecule is CNC(=O)OC(c1ccc(F)cc1)c1nc(N=C2CC(C)=NN2)c2ccccc2n1. The highest BCUT2D eigenvalue weighted by Crippen LogP contribution is 2.30. The monoisotopic (exact) mass is 406 g/mol. The number of para-hydroxylation sites is 1. The molecule has 9 heteroatoms. The molecule has 1 amide bonds. The quantitative estimate of drug-likeness (QED) is 0.689. The minimum Gasteiger partial charge on any atom is -0.433 e. The van der Waals surface area contributed by atoms with Gasteiger partial charge in [-0.05, 0) is 31.2 Å². The molecule has 0 fully saturated rings. The van der Waals surface area contributed by atoms with Crippen molar-refractivity contribution in [3.05, 3.63) is 65.7 Å². The zero-order valence-electron chi connectivity index (χ0n) is 16.4. The van der Waals surface area contributed by atoms with Crippen molar-refractivity contribution in [1.29, 1.82) is 0 Å². The predicted octanol–water partition coefficient (Wildman–Crippen LogP) is 3.61. The molecule has 1 aromatic heterocycles. The van der Waals surface area contributed by atoms with Gasteiger partial charge in [-0.25, -0.2) is 24.1 Å². The number of halogens is 1. The molecule has 1 atom stereocenters. The van der Waals surface area contributed by atoms with Crippen LogP contribution in [0.2, 0.25) is 0 Å². The summed E-state index contributed by atoms with van der Waals surface area (Å²) in [5.41, 5.74) is 4.98. The van der Waals surface area contributed by atoms with Gasteiger partial charge in [-0.1, -0.05) is 24.3 Å². The highest BCUT2D eigenvalue weighted by molar-refractivity contribution is 6.07. The third-order valence-corrected chi connectivity index (χ3v) is 4.48. The Labute approximate surface area is 171 Å². The third kappa shape index (κ3) is 4.09. The van der Waals surface area contributed by atoms with Gasteiger partial charge < -0.3 is 10.1 Å². The van der Waals surface area contributed by atoms with Crippen LogP contribution in [0.5, 0.6) is 0 Å². The van der Waals surface area contributed by atoms with Crippen LogP contribution in [0, 0.1) is 5.82 Å². The van der Waals surface area contributed by atoms with Crippen molar-refractivity contribution in [3.8, 4) is 0 Å². The van der Waals surface area contributed by atoms with Crippen molar-refractivity contribution in [2.75, 3.05) is 7.05 Å². The maximum Gasteiger partial charge on any atom is 0.407 e. The number of nitrogens with zero attached hydrogens (tertiary/aromatic N) is 4. The lowest BCUT2D eigenvalue weighted by atomic mass is 10.1. The van der Waals surface area contributed by atoms with E-state index in [1.54, 1.807) is 0 Å². The summed E-state index contributed by atoms with van der Waals surface area (Å²) in [5.74, 6) is 0.925. The molecular weight excluding hydrogens is 387 g/mol. The van der Waals surface area contributed by atoms with Gasteiger partial charge in [0.05, 0.1) is 5.52 Å². The number of benzene rings is 2. The number of amidine groups is 1. The molecule has 1 unspecified atom stereocenters. The molecule has 30 heavy (non-hydrogen) atoms. The molecule has 152 valence electrons. The number of fused-ring (bicyclic) bond motifs is 1. The topological polar surface area (TPSA) is 101 Å². The van der Waals surface area contributed by atoms with Crippen molar-refractivity contribution >= 4 is 34.4 Å². The molecule has 2 N–H and O–H groups in total. The van der Waals surface area contributed by atoms with E-state index < -0.39 is 18.0 Å². The second kappa shape index (κ2) is 8.24. The Morgan fingerprint density at radius 1 is 1.20 bits per heavy atom. The Balaban J connectivity index is 1.84. The van der Waals surface area contributed by atoms with Crippen LogP contribution in [0.1, 0.15) is 30.8 Å². The van der Waals surface area contributed by atoms with Crippen LogP contribution in [-0.2, 0) is 4.74 Å². The molecule has 0 saturated carbocycles. The van der Waals surface area contributed by atoms with Crippen LogP contribution in [0.3, 0.4) is 0 Å². The molecule has 0 aliphatic carbocycles. The second-order valence-corrected chi connectivity index (χ2v) is 6.70. The van der Waals surface area contributed by atoms with E-state index in [1.807, 2.05) is 31.2 Å². The molecule has 8 nitrogen and oxygen atoms in total. The van der Waals surface area contributed by atoms with Crippen molar-refractivity contribution in [2.45, 2.75) is 19.4 Å². The fraction of sp³-hybridized carbons (Fsp3) is 0.190. The molecule has 0 saturated heterocycles. The maximum atomic E-state index is 13.4. The number of hydrogen-bond donors (Lipinski definition) is 2. The first-order chi connectivity index (χ1) is 14.5. The molecule has 1 aliphatic rings. The van der Waals surface area contributed by atoms with Gasteiger partial charge in [0.1, 0.15) is 11.7 Å². The van der Waals surface area contributed by atoms with E-state index in [9.17, 15) is 9.18 Å². The molecule has 0 radical (unpaired) electrons. The number of amides is 1. The number of carbonyl (C=O) groups is 1. The summed E-state index contributed by atoms with van der Waals surface area (Å²) in [7, 11) is 1.46. The number of carbonyl (C=O) groups excluding carboxylic acids is 1. The van der Waals surface area contributed by atoms with E-state index in [1.165, 1.54) is 31.3 Å². The van der Waals surface area contributed by atoms with Crippen molar-refractivity contribution in [1.82, 2.24) is 20.7 Å². The van der Waals surface area contributed by atoms with E-state index in [4.69, 9.17) is 4.74 Å². The number of aliphatic imine (C=N–C) groups is 1. The Kier molecular flexibility index (Phi) is 5.34. The van der Waals surface area contributed by atoms with Crippen molar-refractivity contribution in [3.63, 3.8) is 0 Å². The minimum absolute atomic E-state index is 0.235. The first kappa shape index (κ1) is 19.4. The highest BCUT2D eigenvalue weighted by Gasteiger charge is 2.24. The number of rotatable bonds is 4. The Morgan fingerprint density at radius 3 is 2.67 bits per heavy atom. The smallest absolute Gasteiger partial charge is 0.407 e. The highest BCUT2D eigenvalue weighted by atomic mass is 19.1. The third-order valence-electron chi connectivity index (χ3n) is 4.48. The fourth-order valence-electron chi connectivity index (χ4n) is 3.03. The molecule has 1 aliphatic heterocycles. The van der Waals surface area contributed by atoms with Crippen LogP contribution >= 0.6 is 0 Å². The van der Waals surface area contributed by atoms with Gasteiger partial charge in [-0.3, -0.25) is 5.43 Å². The summed E-state index contributed by atoms with van der Waals surface area (Å²) in [6, 6.07) is 13.1. The van der Waals surface area contributed by atoms with E-state index >= 15 is 0 Å². The summed E-state index contributed by atoms with van der Waals surface area (Å²) in [6.45, 7) is 1.90. The molecule has 4 rings (SSSR count). The lowest BCUT2D eigenvalue weighted by Crippen LogP contribution is -2.23. The van der Waals surface area contributed by atoms with Crippen LogP contribution in [0.15, 0.2) is 58.6 Å². The summed E-state index contributed by atoms with van der Waals surface area (Å²) >= 11 is 0. The largest absolute Gasteiger partial charge is 0.433 e. The van der Waals surface area contributed by atoms with Gasteiger partial charge in [0, 0.05) is 30.1 Å². The zero-order valence-corrected chi connectivity index (χ0v) is 16.4. The molecule has 2 aromatic carbocycles. The van der Waals surface area contributed by atoms with Gasteiger partial charge in [0.15, 0.2) is 17.7 Å². The van der Waals surface area contributed by atoms with Gasteiger partial charge in [-0.15, -0.1) is 0 Å². The maximum absolute atomic E-state index is 13.4. The normalized spacial score (nSPS) is 15.6. The molecular formula is C21H19FN6O2. The van der Waals surface area contributed by atoms with E-state index in [0.717, 1.165) is 11.1 Å². The first-order valence-corrected chi connectivity index (χ1v) is 9.30. The number of alkyl carbamates (subject to hydrolysis) is 1. The molecule has 2 heterocycles. The van der Waals surface area contributed by atoms with Gasteiger partial charge in [-0.2, -0.15) is 5.10 Å². The first-order valence-electron chi connectivity index (χ1n) is 9.30. The predicted molar refractivity (Wildman–Crippen MR) is 111 cm³/mol. The number of aromatic nitrogens is 2. The van der Waals surface area contributed by atoms with Crippen LogP contribution in [0.4, 0.5) is 15.0 Å². The van der Waals surface area contributed by atoms with Gasteiger partial charge in [0.25, 0.3) is 0 Å². The molecule has 0 spiro atoms. The average Bonchev–Trinajstić information content (AvgIpc) is 3.17. The minimum atomic E-state index is -0.941. The summed E-state index contributed by atoms with van der Waals surface area (Å²) < 4.78 is 18.9. The van der Waals surface area contributed by atoms with Gasteiger partial charge >= 0.3 is 6.09 Å². The Bertz CT molecular complexity index is 1160. The van der Waals surface area contributed by atoms with E-state index in [2.05, 4.69) is 30.8 Å². The van der Waals surface area contributed by atoms with Gasteiger partial charge in [0.2, 0.25) is 0 Å². The summed E-state index contributed by atoms with van der Waals surface area (Å²) in [5, 5.41) is 7.30. The van der Waals surface area contributed by atoms with E-state index in [-0.39, 0.29) is 5.82 Å². The summed E-state index contributed by atoms with van der Waals surface area (Å²) in [4.78, 5) is 25.8. The summed E-state index contributed by atoms with van der Waals surface area (Å²) in [6.07, 6.45) is -1.01. The van der Waals surface area contributed by atoms with Crippen molar-refractivity contribution in [2.24, 2.45) is 10.1 Å². The molecule has 0 bridgehead atoms. The van der Waals surface area contributed by atoms with E-state index in [0.29, 0.717) is 29.2 Å². The van der Waals surface area contributed by atoms with Crippen LogP contribution in [-0.4, -0.2) is 34.7 Å². The lowest BCUT2D eigenvalue weighted by Gasteiger charge is -2.18. The average molecular weight is 406 g/mol. The number of hydrogen-bond acceptors (Lipinski definition) is 6. The Hall–Kier alpha value is -3.88. The number of ether oxygens (including phenoxy) is 1. The van der Waals surface area contributed by atoms with Crippen LogP contribution in [0.25, 0.3) is 10.9 Å². The van der Waals surface area contributed by atoms with Crippen molar-refractivity contribution < 1.29 is 13.9 Å². The van der Waals surface area contributed by atoms with Crippen LogP contribution < -0.4 is 10.7 Å². The molecule has 3 aromatic rings. The number of hydrazone groups is 1. The zero-order chi connectivity index (χ0) is 21.1. The second-order valence-electron chi connectivity index (χ2n) is 6.70. The fourth-order valence-corrected chi connectivity index (χ4v) is 3.03.